The Balaban J connectivity index is 2.04. The zero-order valence-electron chi connectivity index (χ0n) is 11.1. The minimum absolute atomic E-state index is 0.119. The van der Waals surface area contributed by atoms with Crippen LogP contribution >= 0.6 is 0 Å². The molecule has 0 N–H and O–H groups in total. The van der Waals surface area contributed by atoms with Crippen LogP contribution in [0.1, 0.15) is 32.3 Å². The highest BCUT2D eigenvalue weighted by atomic mass is 32.2. The van der Waals surface area contributed by atoms with E-state index in [-0.39, 0.29) is 11.2 Å². The number of sulfonamides is 1. The molecule has 1 aliphatic heterocycles. The van der Waals surface area contributed by atoms with E-state index >= 15 is 0 Å². The Bertz CT molecular complexity index is 484. The van der Waals surface area contributed by atoms with Gasteiger partial charge in [0.05, 0.1) is 5.75 Å². The van der Waals surface area contributed by atoms with Gasteiger partial charge in [-0.3, -0.25) is 0 Å². The minimum atomic E-state index is -3.15. The molecule has 3 nitrogen and oxygen atoms in total. The van der Waals surface area contributed by atoms with Crippen molar-refractivity contribution in [1.82, 2.24) is 4.31 Å². The van der Waals surface area contributed by atoms with Gasteiger partial charge in [0, 0.05) is 13.1 Å². The van der Waals surface area contributed by atoms with E-state index in [0.29, 0.717) is 13.1 Å². The Morgan fingerprint density at radius 1 is 1.11 bits per heavy atom. The van der Waals surface area contributed by atoms with Crippen molar-refractivity contribution in [2.45, 2.75) is 32.4 Å². The second kappa shape index (κ2) is 5.02. The van der Waals surface area contributed by atoms with Gasteiger partial charge in [-0.25, -0.2) is 12.7 Å². The van der Waals surface area contributed by atoms with Gasteiger partial charge in [0.2, 0.25) is 10.0 Å². The molecule has 0 unspecified atom stereocenters. The van der Waals surface area contributed by atoms with E-state index in [4.69, 9.17) is 0 Å². The zero-order chi connectivity index (χ0) is 13.2. The molecular formula is C14H21NO2S. The Morgan fingerprint density at radius 3 is 2.22 bits per heavy atom. The number of hydrogen-bond donors (Lipinski definition) is 0. The molecule has 1 aromatic rings. The Kier molecular flexibility index (Phi) is 3.78. The average Bonchev–Trinajstić information content (AvgIpc) is 2.29. The van der Waals surface area contributed by atoms with Gasteiger partial charge in [-0.05, 0) is 23.8 Å². The molecule has 1 saturated heterocycles. The summed E-state index contributed by atoms with van der Waals surface area (Å²) in [6.07, 6.45) is 1.89. The lowest BCUT2D eigenvalue weighted by molar-refractivity contribution is 0.195. The molecule has 1 heterocycles. The molecule has 0 saturated carbocycles. The summed E-state index contributed by atoms with van der Waals surface area (Å²) >= 11 is 0. The minimum Gasteiger partial charge on any atom is -0.212 e. The number of benzene rings is 1. The topological polar surface area (TPSA) is 37.4 Å². The fourth-order valence-corrected chi connectivity index (χ4v) is 3.78. The average molecular weight is 267 g/mol. The first-order valence-corrected chi connectivity index (χ1v) is 8.02. The van der Waals surface area contributed by atoms with Gasteiger partial charge in [-0.2, -0.15) is 0 Å². The van der Waals surface area contributed by atoms with Crippen LogP contribution in [-0.2, 0) is 15.8 Å². The quantitative estimate of drug-likeness (QED) is 0.844. The fraction of sp³-hybridized carbons (Fsp3) is 0.571. The van der Waals surface area contributed by atoms with Gasteiger partial charge in [-0.15, -0.1) is 0 Å². The highest BCUT2D eigenvalue weighted by Crippen LogP contribution is 2.31. The van der Waals surface area contributed by atoms with Crippen molar-refractivity contribution >= 4 is 10.0 Å². The van der Waals surface area contributed by atoms with E-state index in [1.54, 1.807) is 4.31 Å². The highest BCUT2D eigenvalue weighted by Gasteiger charge is 2.31. The summed E-state index contributed by atoms with van der Waals surface area (Å²) in [5.41, 5.74) is 1.14. The molecule has 0 bridgehead atoms. The predicted molar refractivity (Wildman–Crippen MR) is 73.7 cm³/mol. The van der Waals surface area contributed by atoms with Gasteiger partial charge in [0.25, 0.3) is 0 Å². The van der Waals surface area contributed by atoms with Gasteiger partial charge in [0.15, 0.2) is 0 Å². The molecule has 1 aromatic carbocycles. The summed E-state index contributed by atoms with van der Waals surface area (Å²) in [5.74, 6) is 0.119. The molecule has 1 fully saturated rings. The number of piperidine rings is 1. The zero-order valence-corrected chi connectivity index (χ0v) is 11.9. The van der Waals surface area contributed by atoms with Crippen molar-refractivity contribution in [2.24, 2.45) is 5.41 Å². The van der Waals surface area contributed by atoms with E-state index in [1.165, 1.54) is 0 Å². The molecule has 0 spiro atoms. The molecular weight excluding hydrogens is 246 g/mol. The van der Waals surface area contributed by atoms with Crippen molar-refractivity contribution in [3.63, 3.8) is 0 Å². The molecule has 18 heavy (non-hydrogen) atoms. The summed E-state index contributed by atoms with van der Waals surface area (Å²) in [4.78, 5) is 0. The van der Waals surface area contributed by atoms with E-state index in [2.05, 4.69) is 13.8 Å². The number of rotatable bonds is 3. The highest BCUT2D eigenvalue weighted by molar-refractivity contribution is 7.88. The molecule has 2 rings (SSSR count). The van der Waals surface area contributed by atoms with E-state index < -0.39 is 10.0 Å². The maximum Gasteiger partial charge on any atom is 0.218 e. The van der Waals surface area contributed by atoms with Crippen molar-refractivity contribution in [3.05, 3.63) is 35.9 Å². The van der Waals surface area contributed by atoms with Crippen LogP contribution in [0.25, 0.3) is 0 Å². The third-order valence-electron chi connectivity index (χ3n) is 3.66. The van der Waals surface area contributed by atoms with E-state index in [0.717, 1.165) is 18.4 Å². The van der Waals surface area contributed by atoms with Crippen LogP contribution in [0, 0.1) is 5.41 Å². The molecule has 0 atom stereocenters. The maximum atomic E-state index is 12.3. The molecule has 0 radical (unpaired) electrons. The van der Waals surface area contributed by atoms with Crippen LogP contribution in [0.3, 0.4) is 0 Å². The van der Waals surface area contributed by atoms with Crippen molar-refractivity contribution in [1.29, 1.82) is 0 Å². The van der Waals surface area contributed by atoms with Crippen LogP contribution in [-0.4, -0.2) is 25.8 Å². The van der Waals surface area contributed by atoms with Crippen LogP contribution in [0.4, 0.5) is 0 Å². The van der Waals surface area contributed by atoms with Crippen LogP contribution in [0.15, 0.2) is 30.3 Å². The normalized spacial score (nSPS) is 20.8. The molecule has 1 aliphatic rings. The third kappa shape index (κ3) is 3.33. The van der Waals surface area contributed by atoms with Crippen LogP contribution in [0.5, 0.6) is 0 Å². The first kappa shape index (κ1) is 13.6. The van der Waals surface area contributed by atoms with Crippen LogP contribution < -0.4 is 0 Å². The van der Waals surface area contributed by atoms with Gasteiger partial charge in [0.1, 0.15) is 0 Å². The summed E-state index contributed by atoms with van der Waals surface area (Å²) in [7, 11) is -3.15. The first-order valence-electron chi connectivity index (χ1n) is 6.41. The predicted octanol–water partition coefficient (Wildman–Crippen LogP) is 2.64. The Labute approximate surface area is 110 Å². The Morgan fingerprint density at radius 2 is 1.67 bits per heavy atom. The number of hydrogen-bond acceptors (Lipinski definition) is 2. The third-order valence-corrected chi connectivity index (χ3v) is 5.51. The first-order chi connectivity index (χ1) is 8.39. The summed E-state index contributed by atoms with van der Waals surface area (Å²) in [6.45, 7) is 5.71. The smallest absolute Gasteiger partial charge is 0.212 e. The maximum absolute atomic E-state index is 12.3. The number of nitrogens with zero attached hydrogens (tertiary/aromatic N) is 1. The van der Waals surface area contributed by atoms with Crippen LogP contribution in [0.2, 0.25) is 0 Å². The summed E-state index contributed by atoms with van der Waals surface area (Å²) in [6, 6.07) is 9.39. The van der Waals surface area contributed by atoms with Crippen molar-refractivity contribution in [2.75, 3.05) is 13.1 Å². The molecule has 4 heteroatoms. The molecule has 0 amide bonds. The second-order valence-corrected chi connectivity index (χ2v) is 7.77. The monoisotopic (exact) mass is 267 g/mol. The summed E-state index contributed by atoms with van der Waals surface area (Å²) in [5, 5.41) is 0. The largest absolute Gasteiger partial charge is 0.218 e. The molecule has 0 aliphatic carbocycles. The Hall–Kier alpha value is -0.870. The lowest BCUT2D eigenvalue weighted by Gasteiger charge is -2.36. The summed E-state index contributed by atoms with van der Waals surface area (Å²) < 4.78 is 26.2. The van der Waals surface area contributed by atoms with E-state index in [1.807, 2.05) is 30.3 Å². The van der Waals surface area contributed by atoms with Crippen molar-refractivity contribution in [3.8, 4) is 0 Å². The fourth-order valence-electron chi connectivity index (χ4n) is 2.25. The van der Waals surface area contributed by atoms with Gasteiger partial charge in [-0.1, -0.05) is 44.2 Å². The van der Waals surface area contributed by atoms with Gasteiger partial charge >= 0.3 is 0 Å². The SMILES string of the molecule is CC1(C)CCN(S(=O)(=O)Cc2ccccc2)CC1. The second-order valence-electron chi connectivity index (χ2n) is 5.81. The lowest BCUT2D eigenvalue weighted by atomic mass is 9.83. The van der Waals surface area contributed by atoms with Gasteiger partial charge < -0.3 is 0 Å². The standard InChI is InChI=1S/C14H21NO2S/c1-14(2)8-10-15(11-9-14)18(16,17)12-13-6-4-3-5-7-13/h3-7H,8-12H2,1-2H3. The van der Waals surface area contributed by atoms with Crippen molar-refractivity contribution < 1.29 is 8.42 Å². The molecule has 0 aromatic heterocycles. The van der Waals surface area contributed by atoms with E-state index in [9.17, 15) is 8.42 Å². The molecule has 100 valence electrons. The lowest BCUT2D eigenvalue weighted by Crippen LogP contribution is -2.41.